The average Bonchev–Trinajstić information content (AvgIpc) is 2.31. The summed E-state index contributed by atoms with van der Waals surface area (Å²) in [6.45, 7) is 4.94. The molecule has 0 saturated carbocycles. The molecule has 2 aromatic rings. The maximum absolute atomic E-state index is 6.13. The second kappa shape index (κ2) is 5.64. The van der Waals surface area contributed by atoms with Crippen molar-refractivity contribution in [2.24, 2.45) is 0 Å². The van der Waals surface area contributed by atoms with E-state index < -0.39 is 0 Å². The summed E-state index contributed by atoms with van der Waals surface area (Å²) in [5.74, 6) is 0. The number of hydrogen-bond acceptors (Lipinski definition) is 1. The van der Waals surface area contributed by atoms with Gasteiger partial charge in [0.1, 0.15) is 0 Å². The van der Waals surface area contributed by atoms with Crippen LogP contribution in [0, 0.1) is 13.8 Å². The minimum atomic E-state index is 0.647. The van der Waals surface area contributed by atoms with Gasteiger partial charge in [-0.1, -0.05) is 47.5 Å². The van der Waals surface area contributed by atoms with Gasteiger partial charge in [-0.3, -0.25) is 0 Å². The van der Waals surface area contributed by atoms with Gasteiger partial charge in [0.25, 0.3) is 0 Å². The number of rotatable bonds is 3. The van der Waals surface area contributed by atoms with Gasteiger partial charge in [0.15, 0.2) is 0 Å². The van der Waals surface area contributed by atoms with Crippen LogP contribution in [0.25, 0.3) is 0 Å². The SMILES string of the molecule is Cc1cccc(C)c1CNc1c(Cl)cccc1Cl. The Morgan fingerprint density at radius 1 is 0.889 bits per heavy atom. The largest absolute Gasteiger partial charge is 0.379 e. The van der Waals surface area contributed by atoms with E-state index >= 15 is 0 Å². The lowest BCUT2D eigenvalue weighted by atomic mass is 10.0. The van der Waals surface area contributed by atoms with Crippen molar-refractivity contribution in [3.8, 4) is 0 Å². The molecule has 94 valence electrons. The summed E-state index contributed by atoms with van der Waals surface area (Å²) >= 11 is 12.3. The molecule has 0 atom stereocenters. The highest BCUT2D eigenvalue weighted by Gasteiger charge is 2.06. The second-order valence-corrected chi connectivity index (χ2v) is 5.13. The third-order valence-corrected chi connectivity index (χ3v) is 3.68. The minimum Gasteiger partial charge on any atom is -0.379 e. The van der Waals surface area contributed by atoms with Gasteiger partial charge in [-0.05, 0) is 42.7 Å². The van der Waals surface area contributed by atoms with Crippen LogP contribution in [0.5, 0.6) is 0 Å². The Hall–Kier alpha value is -1.18. The van der Waals surface area contributed by atoms with Crippen LogP contribution in [0.1, 0.15) is 16.7 Å². The molecule has 0 spiro atoms. The molecule has 0 fully saturated rings. The summed E-state index contributed by atoms with van der Waals surface area (Å²) in [6.07, 6.45) is 0. The number of halogens is 2. The first-order chi connectivity index (χ1) is 8.59. The number of nitrogens with one attached hydrogen (secondary N) is 1. The summed E-state index contributed by atoms with van der Waals surface area (Å²) in [7, 11) is 0. The molecule has 3 heteroatoms. The molecule has 0 unspecified atom stereocenters. The van der Waals surface area contributed by atoms with Crippen molar-refractivity contribution in [1.29, 1.82) is 0 Å². The third-order valence-electron chi connectivity index (χ3n) is 3.05. The first kappa shape index (κ1) is 13.3. The molecular formula is C15H15Cl2N. The van der Waals surface area contributed by atoms with Crippen LogP contribution in [0.3, 0.4) is 0 Å². The van der Waals surface area contributed by atoms with Crippen LogP contribution in [0.2, 0.25) is 10.0 Å². The number of anilines is 1. The smallest absolute Gasteiger partial charge is 0.0721 e. The number of aryl methyl sites for hydroxylation is 2. The zero-order valence-corrected chi connectivity index (χ0v) is 11.9. The molecule has 1 N–H and O–H groups in total. The van der Waals surface area contributed by atoms with Gasteiger partial charge >= 0.3 is 0 Å². The van der Waals surface area contributed by atoms with Gasteiger partial charge in [-0.25, -0.2) is 0 Å². The monoisotopic (exact) mass is 279 g/mol. The van der Waals surface area contributed by atoms with Crippen molar-refractivity contribution in [1.82, 2.24) is 0 Å². The summed E-state index contributed by atoms with van der Waals surface area (Å²) < 4.78 is 0. The standard InChI is InChI=1S/C15H15Cl2N/c1-10-5-3-6-11(2)12(10)9-18-15-13(16)7-4-8-14(15)17/h3-8,18H,9H2,1-2H3. The number of hydrogen-bond donors (Lipinski definition) is 1. The maximum Gasteiger partial charge on any atom is 0.0721 e. The van der Waals surface area contributed by atoms with Crippen LogP contribution in [0.15, 0.2) is 36.4 Å². The number of benzene rings is 2. The van der Waals surface area contributed by atoms with E-state index in [9.17, 15) is 0 Å². The molecule has 0 aliphatic carbocycles. The lowest BCUT2D eigenvalue weighted by molar-refractivity contribution is 1.09. The van der Waals surface area contributed by atoms with Gasteiger partial charge in [-0.2, -0.15) is 0 Å². The van der Waals surface area contributed by atoms with E-state index in [0.29, 0.717) is 10.0 Å². The predicted molar refractivity (Wildman–Crippen MR) is 79.7 cm³/mol. The minimum absolute atomic E-state index is 0.647. The second-order valence-electron chi connectivity index (χ2n) is 4.32. The molecular weight excluding hydrogens is 265 g/mol. The molecule has 0 aliphatic rings. The van der Waals surface area contributed by atoms with Crippen LogP contribution in [-0.2, 0) is 6.54 Å². The van der Waals surface area contributed by atoms with E-state index in [0.717, 1.165) is 12.2 Å². The van der Waals surface area contributed by atoms with Crippen molar-refractivity contribution >= 4 is 28.9 Å². The van der Waals surface area contributed by atoms with Gasteiger partial charge in [0.2, 0.25) is 0 Å². The average molecular weight is 280 g/mol. The van der Waals surface area contributed by atoms with Crippen LogP contribution < -0.4 is 5.32 Å². The van der Waals surface area contributed by atoms with Gasteiger partial charge in [0.05, 0.1) is 15.7 Å². The van der Waals surface area contributed by atoms with Crippen molar-refractivity contribution in [3.63, 3.8) is 0 Å². The van der Waals surface area contributed by atoms with E-state index in [1.807, 2.05) is 18.2 Å². The fourth-order valence-corrected chi connectivity index (χ4v) is 2.50. The first-order valence-corrected chi connectivity index (χ1v) is 6.58. The Bertz CT molecular complexity index is 472. The highest BCUT2D eigenvalue weighted by molar-refractivity contribution is 6.39. The summed E-state index contributed by atoms with van der Waals surface area (Å²) in [6, 6.07) is 11.8. The van der Waals surface area contributed by atoms with Gasteiger partial charge in [0, 0.05) is 6.54 Å². The molecule has 0 heterocycles. The molecule has 18 heavy (non-hydrogen) atoms. The van der Waals surface area contributed by atoms with E-state index in [4.69, 9.17) is 23.2 Å². The van der Waals surface area contributed by atoms with Crippen LogP contribution in [0.4, 0.5) is 5.69 Å². The highest BCUT2D eigenvalue weighted by Crippen LogP contribution is 2.30. The summed E-state index contributed by atoms with van der Waals surface area (Å²) in [4.78, 5) is 0. The summed E-state index contributed by atoms with van der Waals surface area (Å²) in [5.41, 5.74) is 4.62. The van der Waals surface area contributed by atoms with Crippen molar-refractivity contribution < 1.29 is 0 Å². The van der Waals surface area contributed by atoms with Crippen LogP contribution >= 0.6 is 23.2 Å². The predicted octanol–water partition coefficient (Wildman–Crippen LogP) is 5.22. The maximum atomic E-state index is 6.13. The van der Waals surface area contributed by atoms with E-state index in [1.165, 1.54) is 16.7 Å². The lowest BCUT2D eigenvalue weighted by Crippen LogP contribution is -2.04. The summed E-state index contributed by atoms with van der Waals surface area (Å²) in [5, 5.41) is 4.61. The lowest BCUT2D eigenvalue weighted by Gasteiger charge is -2.14. The van der Waals surface area contributed by atoms with Crippen molar-refractivity contribution in [2.75, 3.05) is 5.32 Å². The zero-order valence-electron chi connectivity index (χ0n) is 10.4. The molecule has 0 saturated heterocycles. The van der Waals surface area contributed by atoms with Crippen LogP contribution in [-0.4, -0.2) is 0 Å². The molecule has 0 radical (unpaired) electrons. The van der Waals surface area contributed by atoms with E-state index in [1.54, 1.807) is 0 Å². The molecule has 0 bridgehead atoms. The normalized spacial score (nSPS) is 10.4. The Morgan fingerprint density at radius 2 is 1.39 bits per heavy atom. The molecule has 1 nitrogen and oxygen atoms in total. The van der Waals surface area contributed by atoms with Crippen molar-refractivity contribution in [3.05, 3.63) is 63.1 Å². The van der Waals surface area contributed by atoms with E-state index in [-0.39, 0.29) is 0 Å². The van der Waals surface area contributed by atoms with E-state index in [2.05, 4.69) is 37.4 Å². The van der Waals surface area contributed by atoms with Crippen molar-refractivity contribution in [2.45, 2.75) is 20.4 Å². The fourth-order valence-electron chi connectivity index (χ4n) is 1.97. The topological polar surface area (TPSA) is 12.0 Å². The quantitative estimate of drug-likeness (QED) is 0.812. The Kier molecular flexibility index (Phi) is 4.15. The highest BCUT2D eigenvalue weighted by atomic mass is 35.5. The fraction of sp³-hybridized carbons (Fsp3) is 0.200. The molecule has 2 aromatic carbocycles. The third kappa shape index (κ3) is 2.80. The Labute approximate surface area is 118 Å². The Morgan fingerprint density at radius 3 is 1.94 bits per heavy atom. The molecule has 2 rings (SSSR count). The Balaban J connectivity index is 2.22. The molecule has 0 aliphatic heterocycles. The first-order valence-electron chi connectivity index (χ1n) is 5.82. The number of para-hydroxylation sites is 1. The molecule has 0 amide bonds. The molecule has 0 aromatic heterocycles. The zero-order chi connectivity index (χ0) is 13.1. The van der Waals surface area contributed by atoms with Gasteiger partial charge in [-0.15, -0.1) is 0 Å². The van der Waals surface area contributed by atoms with Gasteiger partial charge < -0.3 is 5.32 Å².